The van der Waals surface area contributed by atoms with Crippen LogP contribution in [0.3, 0.4) is 0 Å². The lowest BCUT2D eigenvalue weighted by Crippen LogP contribution is -2.30. The van der Waals surface area contributed by atoms with E-state index in [-0.39, 0.29) is 5.84 Å². The Balaban J connectivity index is 2.07. The normalized spacial score (nSPS) is 15.9. The largest absolute Gasteiger partial charge is 0.409 e. The van der Waals surface area contributed by atoms with E-state index in [1.54, 1.807) is 0 Å². The molecule has 0 atom stereocenters. The number of nitrogens with zero attached hydrogens (tertiary/aromatic N) is 3. The molecule has 3 N–H and O–H groups in total. The lowest BCUT2D eigenvalue weighted by atomic mass is 10.2. The Hall–Kier alpha value is -1.78. The molecule has 92 valence electrons. The van der Waals surface area contributed by atoms with Crippen molar-refractivity contribution in [2.75, 3.05) is 11.4 Å². The molecule has 1 aromatic rings. The van der Waals surface area contributed by atoms with Crippen molar-refractivity contribution in [3.05, 3.63) is 23.9 Å². The van der Waals surface area contributed by atoms with E-state index in [1.807, 2.05) is 12.3 Å². The maximum absolute atomic E-state index is 8.55. The van der Waals surface area contributed by atoms with Gasteiger partial charge in [-0.25, -0.2) is 4.98 Å². The summed E-state index contributed by atoms with van der Waals surface area (Å²) in [6.45, 7) is 2.80. The van der Waals surface area contributed by atoms with Gasteiger partial charge in [-0.1, -0.05) is 5.16 Å². The van der Waals surface area contributed by atoms with E-state index in [2.05, 4.69) is 28.0 Å². The van der Waals surface area contributed by atoms with Crippen molar-refractivity contribution < 1.29 is 5.21 Å². The Bertz CT molecular complexity index is 415. The molecule has 2 rings (SSSR count). The molecular formula is C12H18N4O. The molecule has 0 bridgehead atoms. The van der Waals surface area contributed by atoms with Gasteiger partial charge in [-0.15, -0.1) is 0 Å². The number of nitrogens with two attached hydrogens (primary N) is 1. The third-order valence-electron chi connectivity index (χ3n) is 2.92. The van der Waals surface area contributed by atoms with Gasteiger partial charge in [0.05, 0.1) is 0 Å². The molecule has 5 nitrogen and oxygen atoms in total. The first kappa shape index (κ1) is 11.7. The van der Waals surface area contributed by atoms with Gasteiger partial charge >= 0.3 is 0 Å². The zero-order valence-corrected chi connectivity index (χ0v) is 10.0. The molecular weight excluding hydrogens is 216 g/mol. The second kappa shape index (κ2) is 5.03. The zero-order chi connectivity index (χ0) is 12.3. The van der Waals surface area contributed by atoms with Gasteiger partial charge < -0.3 is 15.8 Å². The molecule has 0 saturated heterocycles. The summed E-state index contributed by atoms with van der Waals surface area (Å²) in [7, 11) is 0. The van der Waals surface area contributed by atoms with Gasteiger partial charge in [0, 0.05) is 25.2 Å². The van der Waals surface area contributed by atoms with Crippen LogP contribution in [0, 0.1) is 6.92 Å². The summed E-state index contributed by atoms with van der Waals surface area (Å²) in [5.74, 6) is 1.25. The molecule has 5 heteroatoms. The minimum atomic E-state index is 0.267. The van der Waals surface area contributed by atoms with E-state index >= 15 is 0 Å². The van der Waals surface area contributed by atoms with Crippen LogP contribution in [0.2, 0.25) is 0 Å². The fraction of sp³-hybridized carbons (Fsp3) is 0.500. The fourth-order valence-corrected chi connectivity index (χ4v) is 1.83. The third kappa shape index (κ3) is 3.09. The number of hydrogen-bond acceptors (Lipinski definition) is 4. The Kier molecular flexibility index (Phi) is 3.46. The molecule has 1 heterocycles. The summed E-state index contributed by atoms with van der Waals surface area (Å²) in [5.41, 5.74) is 6.70. The van der Waals surface area contributed by atoms with Gasteiger partial charge in [-0.05, 0) is 37.5 Å². The monoisotopic (exact) mass is 234 g/mol. The van der Waals surface area contributed by atoms with Crippen LogP contribution in [0.25, 0.3) is 0 Å². The molecule has 1 aliphatic rings. The number of anilines is 1. The van der Waals surface area contributed by atoms with Crippen LogP contribution in [-0.4, -0.2) is 28.6 Å². The molecule has 1 saturated carbocycles. The van der Waals surface area contributed by atoms with E-state index in [0.29, 0.717) is 12.5 Å². The molecule has 0 spiro atoms. The standard InChI is InChI=1S/C12H18N4O/c1-9-4-6-14-12(8-9)16(10-2-3-10)7-5-11(13)15-17/h4,6,8,10,17H,2-3,5,7H2,1H3,(H2,13,15). The van der Waals surface area contributed by atoms with E-state index in [0.717, 1.165) is 12.4 Å². The van der Waals surface area contributed by atoms with Crippen LogP contribution >= 0.6 is 0 Å². The van der Waals surface area contributed by atoms with Crippen LogP contribution in [0.4, 0.5) is 5.82 Å². The lowest BCUT2D eigenvalue weighted by molar-refractivity contribution is 0.317. The number of rotatable bonds is 5. The highest BCUT2D eigenvalue weighted by Crippen LogP contribution is 2.30. The Morgan fingerprint density at radius 3 is 3.00 bits per heavy atom. The Morgan fingerprint density at radius 2 is 2.41 bits per heavy atom. The molecule has 0 amide bonds. The van der Waals surface area contributed by atoms with Crippen molar-refractivity contribution in [3.63, 3.8) is 0 Å². The maximum Gasteiger partial charge on any atom is 0.140 e. The fourth-order valence-electron chi connectivity index (χ4n) is 1.83. The second-order valence-electron chi connectivity index (χ2n) is 4.46. The van der Waals surface area contributed by atoms with Gasteiger partial charge in [0.1, 0.15) is 11.7 Å². The quantitative estimate of drug-likeness (QED) is 0.350. The SMILES string of the molecule is Cc1ccnc(N(CCC(N)=NO)C2CC2)c1. The van der Waals surface area contributed by atoms with Crippen LogP contribution in [0.1, 0.15) is 24.8 Å². The number of aromatic nitrogens is 1. The first-order valence-electron chi connectivity index (χ1n) is 5.86. The van der Waals surface area contributed by atoms with Gasteiger partial charge in [0.15, 0.2) is 0 Å². The average molecular weight is 234 g/mol. The number of hydrogen-bond donors (Lipinski definition) is 2. The summed E-state index contributed by atoms with van der Waals surface area (Å²) in [4.78, 5) is 6.63. The lowest BCUT2D eigenvalue weighted by Gasteiger charge is -2.23. The minimum Gasteiger partial charge on any atom is -0.409 e. The van der Waals surface area contributed by atoms with Crippen LogP contribution < -0.4 is 10.6 Å². The number of oxime groups is 1. The number of aryl methyl sites for hydroxylation is 1. The van der Waals surface area contributed by atoms with Crippen molar-refractivity contribution in [1.29, 1.82) is 0 Å². The molecule has 1 aliphatic carbocycles. The van der Waals surface area contributed by atoms with Crippen LogP contribution in [-0.2, 0) is 0 Å². The topological polar surface area (TPSA) is 74.7 Å². The van der Waals surface area contributed by atoms with Crippen molar-refractivity contribution in [2.45, 2.75) is 32.2 Å². The minimum absolute atomic E-state index is 0.267. The molecule has 17 heavy (non-hydrogen) atoms. The van der Waals surface area contributed by atoms with E-state index in [1.165, 1.54) is 18.4 Å². The Morgan fingerprint density at radius 1 is 1.65 bits per heavy atom. The van der Waals surface area contributed by atoms with Crippen LogP contribution in [0.5, 0.6) is 0 Å². The first-order valence-corrected chi connectivity index (χ1v) is 5.86. The van der Waals surface area contributed by atoms with Crippen LogP contribution in [0.15, 0.2) is 23.5 Å². The predicted octanol–water partition coefficient (Wildman–Crippen LogP) is 1.50. The van der Waals surface area contributed by atoms with Crippen molar-refractivity contribution >= 4 is 11.7 Å². The van der Waals surface area contributed by atoms with E-state index in [4.69, 9.17) is 10.9 Å². The molecule has 0 radical (unpaired) electrons. The predicted molar refractivity (Wildman–Crippen MR) is 67.4 cm³/mol. The van der Waals surface area contributed by atoms with Crippen molar-refractivity contribution in [1.82, 2.24) is 4.98 Å². The summed E-state index contributed by atoms with van der Waals surface area (Å²) in [6.07, 6.45) is 4.78. The summed E-state index contributed by atoms with van der Waals surface area (Å²) in [5, 5.41) is 11.5. The van der Waals surface area contributed by atoms with Gasteiger partial charge in [0.2, 0.25) is 0 Å². The molecule has 0 unspecified atom stereocenters. The zero-order valence-electron chi connectivity index (χ0n) is 10.0. The van der Waals surface area contributed by atoms with E-state index in [9.17, 15) is 0 Å². The third-order valence-corrected chi connectivity index (χ3v) is 2.92. The summed E-state index contributed by atoms with van der Waals surface area (Å²) >= 11 is 0. The average Bonchev–Trinajstić information content (AvgIpc) is 3.13. The highest BCUT2D eigenvalue weighted by atomic mass is 16.4. The van der Waals surface area contributed by atoms with Crippen molar-refractivity contribution in [3.8, 4) is 0 Å². The molecule has 0 aromatic carbocycles. The van der Waals surface area contributed by atoms with E-state index < -0.39 is 0 Å². The molecule has 1 aromatic heterocycles. The summed E-state index contributed by atoms with van der Waals surface area (Å²) < 4.78 is 0. The van der Waals surface area contributed by atoms with Gasteiger partial charge in [-0.3, -0.25) is 0 Å². The van der Waals surface area contributed by atoms with Gasteiger partial charge in [-0.2, -0.15) is 0 Å². The van der Waals surface area contributed by atoms with Gasteiger partial charge in [0.25, 0.3) is 0 Å². The smallest absolute Gasteiger partial charge is 0.140 e. The number of pyridine rings is 1. The molecule has 0 aliphatic heterocycles. The maximum atomic E-state index is 8.55. The first-order chi connectivity index (χ1) is 8.20. The molecule has 1 fully saturated rings. The summed E-state index contributed by atoms with van der Waals surface area (Å²) in [6, 6.07) is 4.62. The second-order valence-corrected chi connectivity index (χ2v) is 4.46. The highest BCUT2D eigenvalue weighted by molar-refractivity contribution is 5.80. The number of amidine groups is 1. The highest BCUT2D eigenvalue weighted by Gasteiger charge is 2.29. The Labute approximate surface area is 101 Å². The van der Waals surface area contributed by atoms with Crippen molar-refractivity contribution in [2.24, 2.45) is 10.9 Å².